The van der Waals surface area contributed by atoms with Crippen molar-refractivity contribution in [2.75, 3.05) is 11.4 Å². The van der Waals surface area contributed by atoms with Gasteiger partial charge in [-0.05, 0) is 87.1 Å². The number of rotatable bonds is 8. The first-order chi connectivity index (χ1) is 17.4. The fraction of sp³-hybridized carbons (Fsp3) is 0.367. The van der Waals surface area contributed by atoms with E-state index in [2.05, 4.69) is 24.5 Å². The number of carbonyl (C=O) groups is 3. The van der Waals surface area contributed by atoms with Crippen molar-refractivity contribution in [3.05, 3.63) is 88.9 Å². The van der Waals surface area contributed by atoms with Crippen LogP contribution in [-0.2, 0) is 9.59 Å². The molecule has 0 radical (unpaired) electrons. The van der Waals surface area contributed by atoms with Gasteiger partial charge in [-0.3, -0.25) is 19.3 Å². The first-order valence-corrected chi connectivity index (χ1v) is 12.5. The maximum Gasteiger partial charge on any atom is 0.287 e. The Bertz CT molecular complexity index is 1240. The van der Waals surface area contributed by atoms with Gasteiger partial charge in [0.1, 0.15) is 6.04 Å². The van der Waals surface area contributed by atoms with E-state index in [0.717, 1.165) is 16.7 Å². The zero-order chi connectivity index (χ0) is 27.3. The molecule has 1 aromatic heterocycles. The lowest BCUT2D eigenvalue weighted by molar-refractivity contribution is -0.127. The Balaban J connectivity index is 2.07. The van der Waals surface area contributed by atoms with E-state index in [9.17, 15) is 14.4 Å². The van der Waals surface area contributed by atoms with Gasteiger partial charge in [0, 0.05) is 11.2 Å². The number of nitrogens with one attached hydrogen (secondary N) is 2. The molecule has 0 saturated carbocycles. The molecule has 0 fully saturated rings. The summed E-state index contributed by atoms with van der Waals surface area (Å²) in [4.78, 5) is 41.5. The van der Waals surface area contributed by atoms with Crippen molar-refractivity contribution in [2.45, 2.75) is 66.0 Å². The van der Waals surface area contributed by atoms with Crippen molar-refractivity contribution in [2.24, 2.45) is 0 Å². The normalized spacial score (nSPS) is 12.2. The van der Waals surface area contributed by atoms with Crippen molar-refractivity contribution in [3.8, 4) is 0 Å². The highest BCUT2D eigenvalue weighted by Gasteiger charge is 2.34. The van der Waals surface area contributed by atoms with Gasteiger partial charge < -0.3 is 15.1 Å². The molecule has 2 aromatic carbocycles. The van der Waals surface area contributed by atoms with E-state index < -0.39 is 23.4 Å². The van der Waals surface area contributed by atoms with Gasteiger partial charge in [0.25, 0.3) is 5.91 Å². The lowest BCUT2D eigenvalue weighted by atomic mass is 9.96. The van der Waals surface area contributed by atoms with E-state index in [-0.39, 0.29) is 18.2 Å². The molecular weight excluding hydrogens is 466 g/mol. The maximum atomic E-state index is 13.8. The molecule has 3 amide bonds. The molecule has 3 aromatic rings. The Hall–Kier alpha value is -3.87. The maximum absolute atomic E-state index is 13.8. The summed E-state index contributed by atoms with van der Waals surface area (Å²) in [5, 5.41) is 5.66. The number of anilines is 1. The summed E-state index contributed by atoms with van der Waals surface area (Å²) in [5.74, 6) is -0.809. The van der Waals surface area contributed by atoms with Gasteiger partial charge in [-0.1, -0.05) is 44.2 Å². The van der Waals surface area contributed by atoms with E-state index in [4.69, 9.17) is 4.42 Å². The number of aryl methyl sites for hydroxylation is 2. The molecular formula is C30H37N3O4. The predicted molar refractivity (Wildman–Crippen MR) is 146 cm³/mol. The highest BCUT2D eigenvalue weighted by molar-refractivity contribution is 6.04. The van der Waals surface area contributed by atoms with Crippen LogP contribution >= 0.6 is 0 Å². The molecule has 3 rings (SSSR count). The zero-order valence-corrected chi connectivity index (χ0v) is 22.7. The van der Waals surface area contributed by atoms with Crippen LogP contribution < -0.4 is 15.5 Å². The Kier molecular flexibility index (Phi) is 8.58. The minimum atomic E-state index is -0.949. The number of hydrogen-bond donors (Lipinski definition) is 2. The molecule has 1 atom stereocenters. The molecule has 0 aliphatic rings. The Labute approximate surface area is 219 Å². The van der Waals surface area contributed by atoms with Crippen LogP contribution in [0.1, 0.15) is 79.4 Å². The summed E-state index contributed by atoms with van der Waals surface area (Å²) < 4.78 is 5.14. The molecule has 0 saturated heterocycles. The first-order valence-electron chi connectivity index (χ1n) is 12.5. The molecule has 196 valence electrons. The van der Waals surface area contributed by atoms with Crippen molar-refractivity contribution in [3.63, 3.8) is 0 Å². The van der Waals surface area contributed by atoms with Crippen LogP contribution in [0.4, 0.5) is 5.69 Å². The second-order valence-electron chi connectivity index (χ2n) is 10.7. The summed E-state index contributed by atoms with van der Waals surface area (Å²) >= 11 is 0. The van der Waals surface area contributed by atoms with E-state index in [1.807, 2.05) is 77.1 Å². The quantitative estimate of drug-likeness (QED) is 0.428. The Morgan fingerprint density at radius 2 is 1.57 bits per heavy atom. The van der Waals surface area contributed by atoms with E-state index in [1.54, 1.807) is 6.07 Å². The second kappa shape index (κ2) is 11.5. The molecule has 7 heteroatoms. The van der Waals surface area contributed by atoms with E-state index >= 15 is 0 Å². The molecule has 2 N–H and O–H groups in total. The number of nitrogens with zero attached hydrogens (tertiary/aromatic N) is 1. The van der Waals surface area contributed by atoms with Gasteiger partial charge >= 0.3 is 0 Å². The van der Waals surface area contributed by atoms with Gasteiger partial charge in [-0.15, -0.1) is 0 Å². The zero-order valence-electron chi connectivity index (χ0n) is 22.7. The van der Waals surface area contributed by atoms with Gasteiger partial charge in [0.05, 0.1) is 12.8 Å². The molecule has 1 heterocycles. The summed E-state index contributed by atoms with van der Waals surface area (Å²) in [6.07, 6.45) is 1.39. The van der Waals surface area contributed by atoms with Crippen molar-refractivity contribution in [1.82, 2.24) is 10.6 Å². The number of amides is 3. The minimum Gasteiger partial charge on any atom is -0.459 e. The third kappa shape index (κ3) is 7.09. The molecule has 7 nitrogen and oxygen atoms in total. The lowest BCUT2D eigenvalue weighted by Gasteiger charge is -2.34. The second-order valence-corrected chi connectivity index (χ2v) is 10.7. The van der Waals surface area contributed by atoms with Crippen LogP contribution in [0, 0.1) is 13.8 Å². The van der Waals surface area contributed by atoms with Crippen LogP contribution in [-0.4, -0.2) is 29.8 Å². The molecule has 0 aliphatic heterocycles. The topological polar surface area (TPSA) is 91.7 Å². The monoisotopic (exact) mass is 503 g/mol. The number of furan rings is 1. The Morgan fingerprint density at radius 3 is 2.11 bits per heavy atom. The van der Waals surface area contributed by atoms with E-state index in [1.165, 1.54) is 17.2 Å². The van der Waals surface area contributed by atoms with Crippen LogP contribution in [0.2, 0.25) is 0 Å². The van der Waals surface area contributed by atoms with Crippen LogP contribution in [0.5, 0.6) is 0 Å². The lowest BCUT2D eigenvalue weighted by Crippen LogP contribution is -2.51. The van der Waals surface area contributed by atoms with Gasteiger partial charge in [-0.2, -0.15) is 0 Å². The van der Waals surface area contributed by atoms with Gasteiger partial charge in [0.2, 0.25) is 11.8 Å². The fourth-order valence-corrected chi connectivity index (χ4v) is 3.97. The average molecular weight is 504 g/mol. The van der Waals surface area contributed by atoms with Gasteiger partial charge in [-0.25, -0.2) is 0 Å². The number of benzene rings is 2. The van der Waals surface area contributed by atoms with Crippen LogP contribution in [0.25, 0.3) is 0 Å². The van der Waals surface area contributed by atoms with Gasteiger partial charge in [0.15, 0.2) is 5.76 Å². The standard InChI is InChI=1S/C30H37N3O4/c1-19(2)22-11-13-23(14-12-22)27(29(36)32-30(5,6)7)33(24-15-10-20(3)21(4)17-24)26(34)18-31-28(35)25-9-8-16-37-25/h8-17,19,27H,18H2,1-7H3,(H,31,35)(H,32,36)/t27-/m0/s1. The number of carbonyl (C=O) groups excluding carboxylic acids is 3. The molecule has 37 heavy (non-hydrogen) atoms. The largest absolute Gasteiger partial charge is 0.459 e. The summed E-state index contributed by atoms with van der Waals surface area (Å²) in [6.45, 7) is 13.5. The smallest absolute Gasteiger partial charge is 0.287 e. The third-order valence-electron chi connectivity index (χ3n) is 6.11. The summed E-state index contributed by atoms with van der Waals surface area (Å²) in [5.41, 5.74) is 3.92. The minimum absolute atomic E-state index is 0.108. The highest BCUT2D eigenvalue weighted by Crippen LogP contribution is 2.31. The average Bonchev–Trinajstić information content (AvgIpc) is 3.37. The molecule has 0 aliphatic carbocycles. The summed E-state index contributed by atoms with van der Waals surface area (Å²) in [7, 11) is 0. The van der Waals surface area contributed by atoms with Crippen LogP contribution in [0.15, 0.2) is 65.3 Å². The first kappa shape index (κ1) is 27.7. The Morgan fingerprint density at radius 1 is 0.919 bits per heavy atom. The molecule has 0 unspecified atom stereocenters. The van der Waals surface area contributed by atoms with E-state index in [0.29, 0.717) is 17.2 Å². The molecule has 0 bridgehead atoms. The van der Waals surface area contributed by atoms with Crippen molar-refractivity contribution < 1.29 is 18.8 Å². The SMILES string of the molecule is Cc1ccc(N(C(=O)CNC(=O)c2ccco2)[C@H](C(=O)NC(C)(C)C)c2ccc(C(C)C)cc2)cc1C. The van der Waals surface area contributed by atoms with Crippen molar-refractivity contribution >= 4 is 23.4 Å². The van der Waals surface area contributed by atoms with Crippen molar-refractivity contribution in [1.29, 1.82) is 0 Å². The predicted octanol–water partition coefficient (Wildman–Crippen LogP) is 5.44. The molecule has 0 spiro atoms. The summed E-state index contributed by atoms with van der Waals surface area (Å²) in [6, 6.07) is 15.6. The van der Waals surface area contributed by atoms with Crippen LogP contribution in [0.3, 0.4) is 0 Å². The number of hydrogen-bond acceptors (Lipinski definition) is 4. The fourth-order valence-electron chi connectivity index (χ4n) is 3.97. The third-order valence-corrected chi connectivity index (χ3v) is 6.11. The highest BCUT2D eigenvalue weighted by atomic mass is 16.3.